The highest BCUT2D eigenvalue weighted by molar-refractivity contribution is 5.66. The Balaban J connectivity index is 2.01. The van der Waals surface area contributed by atoms with Crippen molar-refractivity contribution in [1.29, 1.82) is 0 Å². The summed E-state index contributed by atoms with van der Waals surface area (Å²) in [6.45, 7) is 1.72. The lowest BCUT2D eigenvalue weighted by molar-refractivity contribution is 0.619. The molecule has 0 aliphatic carbocycles. The molecule has 0 aliphatic rings. The monoisotopic (exact) mass is 309 g/mol. The number of pyridine rings is 1. The first-order valence-corrected chi connectivity index (χ1v) is 7.18. The SMILES string of the molecule is CNc1nc(Nc2cccc(F)c2C)cc(-c2ccccn2)n1. The van der Waals surface area contributed by atoms with E-state index >= 15 is 0 Å². The van der Waals surface area contributed by atoms with Crippen LogP contribution in [0.4, 0.5) is 21.8 Å². The number of benzene rings is 1. The highest BCUT2D eigenvalue weighted by Crippen LogP contribution is 2.24. The van der Waals surface area contributed by atoms with Crippen LogP contribution >= 0.6 is 0 Å². The molecule has 0 atom stereocenters. The lowest BCUT2D eigenvalue weighted by atomic mass is 10.2. The molecule has 0 spiro atoms. The van der Waals surface area contributed by atoms with E-state index in [0.717, 1.165) is 5.69 Å². The Morgan fingerprint density at radius 2 is 1.87 bits per heavy atom. The first-order valence-electron chi connectivity index (χ1n) is 7.18. The molecule has 2 N–H and O–H groups in total. The molecule has 0 saturated heterocycles. The van der Waals surface area contributed by atoms with Crippen LogP contribution in [0.3, 0.4) is 0 Å². The molecule has 3 rings (SSSR count). The number of nitrogens with zero attached hydrogens (tertiary/aromatic N) is 3. The summed E-state index contributed by atoms with van der Waals surface area (Å²) in [4.78, 5) is 13.1. The van der Waals surface area contributed by atoms with Gasteiger partial charge in [0, 0.05) is 30.6 Å². The van der Waals surface area contributed by atoms with Crippen molar-refractivity contribution in [3.05, 3.63) is 60.0 Å². The highest BCUT2D eigenvalue weighted by atomic mass is 19.1. The quantitative estimate of drug-likeness (QED) is 0.768. The Hall–Kier alpha value is -3.02. The van der Waals surface area contributed by atoms with E-state index in [-0.39, 0.29) is 5.82 Å². The Morgan fingerprint density at radius 1 is 1.00 bits per heavy atom. The minimum Gasteiger partial charge on any atom is -0.357 e. The van der Waals surface area contributed by atoms with Crippen molar-refractivity contribution >= 4 is 17.5 Å². The Morgan fingerprint density at radius 3 is 2.61 bits per heavy atom. The predicted octanol–water partition coefficient (Wildman–Crippen LogP) is 3.77. The topological polar surface area (TPSA) is 62.7 Å². The van der Waals surface area contributed by atoms with Crippen molar-refractivity contribution < 1.29 is 4.39 Å². The van der Waals surface area contributed by atoms with Crippen LogP contribution in [0.2, 0.25) is 0 Å². The van der Waals surface area contributed by atoms with E-state index < -0.39 is 0 Å². The standard InChI is InChI=1S/C17H16FN5/c1-11-12(18)6-5-8-13(11)21-16-10-15(22-17(19-2)23-16)14-7-3-4-9-20-14/h3-10H,1-2H3,(H2,19,21,22,23). The number of halogens is 1. The van der Waals surface area contributed by atoms with Crippen LogP contribution in [-0.4, -0.2) is 22.0 Å². The van der Waals surface area contributed by atoms with Gasteiger partial charge in [0.2, 0.25) is 5.95 Å². The normalized spacial score (nSPS) is 10.4. The molecular formula is C17H16FN5. The summed E-state index contributed by atoms with van der Waals surface area (Å²) < 4.78 is 13.7. The molecule has 1 aromatic carbocycles. The van der Waals surface area contributed by atoms with Gasteiger partial charge in [-0.1, -0.05) is 12.1 Å². The van der Waals surface area contributed by atoms with Crippen molar-refractivity contribution in [2.24, 2.45) is 0 Å². The van der Waals surface area contributed by atoms with Gasteiger partial charge in [-0.15, -0.1) is 0 Å². The molecule has 0 unspecified atom stereocenters. The van der Waals surface area contributed by atoms with Gasteiger partial charge in [0.25, 0.3) is 0 Å². The number of aromatic nitrogens is 3. The number of rotatable bonds is 4. The number of anilines is 3. The lowest BCUT2D eigenvalue weighted by Crippen LogP contribution is -2.03. The molecule has 0 fully saturated rings. The second kappa shape index (κ2) is 6.39. The smallest absolute Gasteiger partial charge is 0.225 e. The van der Waals surface area contributed by atoms with Crippen LogP contribution in [0, 0.1) is 12.7 Å². The second-order valence-electron chi connectivity index (χ2n) is 4.96. The summed E-state index contributed by atoms with van der Waals surface area (Å²) >= 11 is 0. The number of hydrogen-bond donors (Lipinski definition) is 2. The molecule has 2 heterocycles. The van der Waals surface area contributed by atoms with Crippen molar-refractivity contribution in [3.8, 4) is 11.4 Å². The molecule has 0 amide bonds. The fourth-order valence-corrected chi connectivity index (χ4v) is 2.15. The molecule has 0 aliphatic heterocycles. The average molecular weight is 309 g/mol. The number of hydrogen-bond acceptors (Lipinski definition) is 5. The molecule has 2 aromatic heterocycles. The summed E-state index contributed by atoms with van der Waals surface area (Å²) in [7, 11) is 1.74. The van der Waals surface area contributed by atoms with Crippen LogP contribution in [0.5, 0.6) is 0 Å². The molecule has 5 nitrogen and oxygen atoms in total. The van der Waals surface area contributed by atoms with Crippen LogP contribution in [0.15, 0.2) is 48.7 Å². The zero-order valence-electron chi connectivity index (χ0n) is 12.8. The fourth-order valence-electron chi connectivity index (χ4n) is 2.15. The Kier molecular flexibility index (Phi) is 4.14. The molecule has 116 valence electrons. The van der Waals surface area contributed by atoms with Crippen LogP contribution < -0.4 is 10.6 Å². The van der Waals surface area contributed by atoms with E-state index in [4.69, 9.17) is 0 Å². The van der Waals surface area contributed by atoms with Gasteiger partial charge in [0.1, 0.15) is 11.6 Å². The van der Waals surface area contributed by atoms with Crippen molar-refractivity contribution in [1.82, 2.24) is 15.0 Å². The third-order valence-electron chi connectivity index (χ3n) is 3.41. The van der Waals surface area contributed by atoms with Gasteiger partial charge in [-0.3, -0.25) is 4.98 Å². The zero-order valence-corrected chi connectivity index (χ0v) is 12.8. The predicted molar refractivity (Wildman–Crippen MR) is 89.2 cm³/mol. The van der Waals surface area contributed by atoms with Crippen LogP contribution in [-0.2, 0) is 0 Å². The summed E-state index contributed by atoms with van der Waals surface area (Å²) in [5.74, 6) is 0.770. The maximum atomic E-state index is 13.7. The second-order valence-corrected chi connectivity index (χ2v) is 4.96. The molecule has 6 heteroatoms. The average Bonchev–Trinajstić information content (AvgIpc) is 2.59. The molecule has 0 saturated carbocycles. The summed E-state index contributed by atoms with van der Waals surface area (Å²) in [5, 5.41) is 6.06. The molecule has 0 radical (unpaired) electrons. The fraction of sp³-hybridized carbons (Fsp3) is 0.118. The first kappa shape index (κ1) is 14.9. The van der Waals surface area contributed by atoms with Gasteiger partial charge in [0.05, 0.1) is 11.4 Å². The molecular weight excluding hydrogens is 293 g/mol. The highest BCUT2D eigenvalue weighted by Gasteiger charge is 2.09. The number of nitrogens with one attached hydrogen (secondary N) is 2. The van der Waals surface area contributed by atoms with Gasteiger partial charge in [-0.05, 0) is 31.2 Å². The van der Waals surface area contributed by atoms with Crippen LogP contribution in [0.25, 0.3) is 11.4 Å². The Bertz CT molecular complexity index is 820. The summed E-state index contributed by atoms with van der Waals surface area (Å²) in [6, 6.07) is 12.3. The third-order valence-corrected chi connectivity index (χ3v) is 3.41. The van der Waals surface area contributed by atoms with Gasteiger partial charge in [-0.2, -0.15) is 4.98 Å². The zero-order chi connectivity index (χ0) is 16.2. The van der Waals surface area contributed by atoms with E-state index in [1.807, 2.05) is 18.2 Å². The molecule has 23 heavy (non-hydrogen) atoms. The van der Waals surface area contributed by atoms with E-state index in [1.54, 1.807) is 38.4 Å². The van der Waals surface area contributed by atoms with Gasteiger partial charge >= 0.3 is 0 Å². The van der Waals surface area contributed by atoms with E-state index in [2.05, 4.69) is 25.6 Å². The van der Waals surface area contributed by atoms with E-state index in [0.29, 0.717) is 28.7 Å². The van der Waals surface area contributed by atoms with Crippen molar-refractivity contribution in [3.63, 3.8) is 0 Å². The molecule has 0 bridgehead atoms. The maximum absolute atomic E-state index is 13.7. The minimum atomic E-state index is -0.261. The molecule has 3 aromatic rings. The van der Waals surface area contributed by atoms with E-state index in [9.17, 15) is 4.39 Å². The van der Waals surface area contributed by atoms with Gasteiger partial charge in [-0.25, -0.2) is 9.37 Å². The third kappa shape index (κ3) is 3.26. The Labute approximate surface area is 133 Å². The minimum absolute atomic E-state index is 0.261. The maximum Gasteiger partial charge on any atom is 0.225 e. The van der Waals surface area contributed by atoms with Crippen LogP contribution in [0.1, 0.15) is 5.56 Å². The summed E-state index contributed by atoms with van der Waals surface area (Å²) in [6.07, 6.45) is 1.71. The largest absolute Gasteiger partial charge is 0.357 e. The summed E-state index contributed by atoms with van der Waals surface area (Å²) in [5.41, 5.74) is 2.63. The van der Waals surface area contributed by atoms with Crippen molar-refractivity contribution in [2.45, 2.75) is 6.92 Å². The van der Waals surface area contributed by atoms with E-state index in [1.165, 1.54) is 6.07 Å². The first-order chi connectivity index (χ1) is 11.2. The lowest BCUT2D eigenvalue weighted by Gasteiger charge is -2.11. The van der Waals surface area contributed by atoms with Gasteiger partial charge in [0.15, 0.2) is 0 Å². The van der Waals surface area contributed by atoms with Crippen molar-refractivity contribution in [2.75, 3.05) is 17.7 Å². The van der Waals surface area contributed by atoms with Gasteiger partial charge < -0.3 is 10.6 Å².